The second-order valence-electron chi connectivity index (χ2n) is 8.35. The van der Waals surface area contributed by atoms with Gasteiger partial charge in [0.15, 0.2) is 0 Å². The van der Waals surface area contributed by atoms with Crippen LogP contribution in [0.4, 0.5) is 5.69 Å². The molecule has 30 heavy (non-hydrogen) atoms. The van der Waals surface area contributed by atoms with Gasteiger partial charge in [-0.25, -0.2) is 4.98 Å². The van der Waals surface area contributed by atoms with Gasteiger partial charge in [-0.05, 0) is 46.4 Å². The molecule has 0 atom stereocenters. The molecular weight excluding hydrogens is 396 g/mol. The minimum atomic E-state index is -0.392. The van der Waals surface area contributed by atoms with Gasteiger partial charge in [-0.3, -0.25) is 10.1 Å². The number of non-ortho nitro benzene ring substituents is 1. The van der Waals surface area contributed by atoms with E-state index in [4.69, 9.17) is 16.6 Å². The second kappa shape index (κ2) is 7.54. The van der Waals surface area contributed by atoms with E-state index < -0.39 is 4.92 Å². The Kier molecular flexibility index (Phi) is 5.04. The quantitative estimate of drug-likeness (QED) is 0.257. The summed E-state index contributed by atoms with van der Waals surface area (Å²) < 4.78 is 0. The molecule has 3 aromatic carbocycles. The summed E-state index contributed by atoms with van der Waals surface area (Å²) in [5.41, 5.74) is 5.57. The second-order valence-corrected chi connectivity index (χ2v) is 8.79. The predicted molar refractivity (Wildman–Crippen MR) is 123 cm³/mol. The highest BCUT2D eigenvalue weighted by atomic mass is 35.5. The monoisotopic (exact) mass is 416 g/mol. The number of aromatic nitrogens is 1. The Bertz CT molecular complexity index is 1260. The van der Waals surface area contributed by atoms with E-state index in [1.165, 1.54) is 11.6 Å². The Hall–Kier alpha value is -3.24. The smallest absolute Gasteiger partial charge is 0.258 e. The van der Waals surface area contributed by atoms with E-state index in [9.17, 15) is 10.1 Å². The van der Waals surface area contributed by atoms with Crippen LogP contribution in [0.15, 0.2) is 72.8 Å². The van der Waals surface area contributed by atoms with Crippen molar-refractivity contribution in [3.8, 4) is 22.4 Å². The number of nitro benzene ring substituents is 1. The molecule has 0 unspecified atom stereocenters. The van der Waals surface area contributed by atoms with E-state index >= 15 is 0 Å². The lowest BCUT2D eigenvalue weighted by atomic mass is 9.86. The highest BCUT2D eigenvalue weighted by Crippen LogP contribution is 2.35. The highest BCUT2D eigenvalue weighted by molar-refractivity contribution is 6.31. The lowest BCUT2D eigenvalue weighted by molar-refractivity contribution is -0.384. The van der Waals surface area contributed by atoms with Crippen molar-refractivity contribution in [1.29, 1.82) is 0 Å². The fraction of sp³-hybridized carbons (Fsp3) is 0.160. The number of benzene rings is 3. The van der Waals surface area contributed by atoms with Gasteiger partial charge in [0, 0.05) is 28.1 Å². The molecule has 0 radical (unpaired) electrons. The fourth-order valence-corrected chi connectivity index (χ4v) is 3.69. The Morgan fingerprint density at radius 2 is 1.63 bits per heavy atom. The number of pyridine rings is 1. The van der Waals surface area contributed by atoms with Crippen LogP contribution in [0.25, 0.3) is 33.3 Å². The molecule has 1 aromatic heterocycles. The van der Waals surface area contributed by atoms with Crippen molar-refractivity contribution < 1.29 is 4.92 Å². The molecule has 5 heteroatoms. The van der Waals surface area contributed by atoms with Gasteiger partial charge in [-0.2, -0.15) is 0 Å². The lowest BCUT2D eigenvalue weighted by Gasteiger charge is -2.19. The van der Waals surface area contributed by atoms with E-state index in [-0.39, 0.29) is 11.1 Å². The van der Waals surface area contributed by atoms with Crippen LogP contribution in [0.1, 0.15) is 26.3 Å². The molecule has 0 N–H and O–H groups in total. The molecule has 0 aliphatic heterocycles. The van der Waals surface area contributed by atoms with Crippen LogP contribution in [0.3, 0.4) is 0 Å². The molecule has 0 amide bonds. The summed E-state index contributed by atoms with van der Waals surface area (Å²) in [7, 11) is 0. The molecule has 0 aliphatic rings. The maximum absolute atomic E-state index is 11.2. The lowest BCUT2D eigenvalue weighted by Crippen LogP contribution is -2.10. The summed E-state index contributed by atoms with van der Waals surface area (Å²) >= 11 is 6.27. The first-order valence-corrected chi connectivity index (χ1v) is 10.1. The zero-order chi connectivity index (χ0) is 21.5. The van der Waals surface area contributed by atoms with Crippen molar-refractivity contribution in [2.24, 2.45) is 0 Å². The number of hydrogen-bond donors (Lipinski definition) is 0. The SMILES string of the molecule is CC(C)(C)c1ccc(-c2cc(-c3cccc([N+](=O)[O-])c3)nc3ccc(Cl)cc23)cc1. The Labute approximate surface area is 180 Å². The normalized spacial score (nSPS) is 11.6. The minimum Gasteiger partial charge on any atom is -0.258 e. The third-order valence-corrected chi connectivity index (χ3v) is 5.42. The van der Waals surface area contributed by atoms with Crippen LogP contribution in [-0.2, 0) is 5.41 Å². The molecule has 0 saturated heterocycles. The van der Waals surface area contributed by atoms with Crippen molar-refractivity contribution >= 4 is 28.2 Å². The fourth-order valence-electron chi connectivity index (χ4n) is 3.51. The van der Waals surface area contributed by atoms with Gasteiger partial charge in [-0.15, -0.1) is 0 Å². The van der Waals surface area contributed by atoms with E-state index in [0.29, 0.717) is 16.3 Å². The standard InChI is InChI=1S/C25H21ClN2O2/c1-25(2,3)18-9-7-16(8-10-18)21-15-24(17-5-4-6-20(13-17)28(29)30)27-23-12-11-19(26)14-22(21)23/h4-15H,1-3H3. The molecule has 0 bridgehead atoms. The van der Waals surface area contributed by atoms with Gasteiger partial charge < -0.3 is 0 Å². The van der Waals surface area contributed by atoms with Crippen molar-refractivity contribution in [2.45, 2.75) is 26.2 Å². The first-order valence-electron chi connectivity index (χ1n) is 9.68. The summed E-state index contributed by atoms with van der Waals surface area (Å²) in [6, 6.07) is 22.6. The molecule has 4 rings (SSSR count). The topological polar surface area (TPSA) is 56.0 Å². The molecule has 0 fully saturated rings. The maximum Gasteiger partial charge on any atom is 0.270 e. The van der Waals surface area contributed by atoms with Gasteiger partial charge in [0.05, 0.1) is 16.1 Å². The van der Waals surface area contributed by atoms with Crippen LogP contribution in [0.2, 0.25) is 5.02 Å². The average molecular weight is 417 g/mol. The van der Waals surface area contributed by atoms with Gasteiger partial charge in [0.2, 0.25) is 0 Å². The first-order chi connectivity index (χ1) is 14.2. The number of halogens is 1. The summed E-state index contributed by atoms with van der Waals surface area (Å²) in [5.74, 6) is 0. The molecule has 0 saturated carbocycles. The third kappa shape index (κ3) is 3.91. The number of hydrogen-bond acceptors (Lipinski definition) is 3. The largest absolute Gasteiger partial charge is 0.270 e. The zero-order valence-electron chi connectivity index (χ0n) is 17.0. The van der Waals surface area contributed by atoms with E-state index in [1.807, 2.05) is 24.3 Å². The van der Waals surface area contributed by atoms with E-state index in [0.717, 1.165) is 22.0 Å². The maximum atomic E-state index is 11.2. The zero-order valence-corrected chi connectivity index (χ0v) is 17.8. The Morgan fingerprint density at radius 1 is 0.900 bits per heavy atom. The minimum absolute atomic E-state index is 0.0431. The molecule has 4 aromatic rings. The number of fused-ring (bicyclic) bond motifs is 1. The van der Waals surface area contributed by atoms with E-state index in [1.54, 1.807) is 18.2 Å². The molecule has 4 nitrogen and oxygen atoms in total. The van der Waals surface area contributed by atoms with Gasteiger partial charge >= 0.3 is 0 Å². The molecule has 0 spiro atoms. The van der Waals surface area contributed by atoms with Gasteiger partial charge in [0.25, 0.3) is 5.69 Å². The van der Waals surface area contributed by atoms with Crippen LogP contribution in [0.5, 0.6) is 0 Å². The van der Waals surface area contributed by atoms with Crippen LogP contribution in [0, 0.1) is 10.1 Å². The van der Waals surface area contributed by atoms with Gasteiger partial charge in [0.1, 0.15) is 0 Å². The number of nitrogens with zero attached hydrogens (tertiary/aromatic N) is 2. The summed E-state index contributed by atoms with van der Waals surface area (Å²) in [5, 5.41) is 12.8. The van der Waals surface area contributed by atoms with Crippen molar-refractivity contribution in [3.63, 3.8) is 0 Å². The molecular formula is C25H21ClN2O2. The molecule has 1 heterocycles. The number of nitro groups is 1. The van der Waals surface area contributed by atoms with Crippen LogP contribution >= 0.6 is 11.6 Å². The third-order valence-electron chi connectivity index (χ3n) is 5.19. The van der Waals surface area contributed by atoms with Gasteiger partial charge in [-0.1, -0.05) is 68.8 Å². The van der Waals surface area contributed by atoms with Crippen LogP contribution in [-0.4, -0.2) is 9.91 Å². The summed E-state index contributed by atoms with van der Waals surface area (Å²) in [6.07, 6.45) is 0. The highest BCUT2D eigenvalue weighted by Gasteiger charge is 2.15. The van der Waals surface area contributed by atoms with E-state index in [2.05, 4.69) is 45.0 Å². The first kappa shape index (κ1) is 20.0. The molecule has 0 aliphatic carbocycles. The predicted octanol–water partition coefficient (Wildman–Crippen LogP) is 7.43. The van der Waals surface area contributed by atoms with Crippen LogP contribution < -0.4 is 0 Å². The number of rotatable bonds is 3. The van der Waals surface area contributed by atoms with Crippen molar-refractivity contribution in [3.05, 3.63) is 93.5 Å². The summed E-state index contributed by atoms with van der Waals surface area (Å²) in [6.45, 7) is 6.55. The van der Waals surface area contributed by atoms with Crippen molar-refractivity contribution in [1.82, 2.24) is 4.98 Å². The Balaban J connectivity index is 1.93. The Morgan fingerprint density at radius 3 is 2.30 bits per heavy atom. The molecule has 150 valence electrons. The summed E-state index contributed by atoms with van der Waals surface area (Å²) in [4.78, 5) is 15.6. The average Bonchev–Trinajstić information content (AvgIpc) is 2.72. The van der Waals surface area contributed by atoms with Crippen molar-refractivity contribution in [2.75, 3.05) is 0 Å².